The van der Waals surface area contributed by atoms with Crippen LogP contribution < -0.4 is 0 Å². The van der Waals surface area contributed by atoms with Crippen LogP contribution >= 0.6 is 0 Å². The minimum Gasteiger partial charge on any atom is -0.463 e. The number of nitrogens with zero attached hydrogens (tertiary/aromatic N) is 1. The van der Waals surface area contributed by atoms with E-state index in [1.165, 1.54) is 0 Å². The fourth-order valence-corrected chi connectivity index (χ4v) is 1.68. The van der Waals surface area contributed by atoms with Gasteiger partial charge in [-0.15, -0.1) is 0 Å². The first-order chi connectivity index (χ1) is 8.35. The Bertz CT molecular complexity index is 366. The smallest absolute Gasteiger partial charge is 0.357 e. The predicted molar refractivity (Wildman–Crippen MR) is 71.4 cm³/mol. The van der Waals surface area contributed by atoms with Crippen molar-refractivity contribution in [3.05, 3.63) is 12.2 Å². The van der Waals surface area contributed by atoms with E-state index < -0.39 is 5.60 Å². The first kappa shape index (κ1) is 14.7. The highest BCUT2D eigenvalue weighted by molar-refractivity contribution is 5.97. The second-order valence-electron chi connectivity index (χ2n) is 5.48. The molecule has 4 heteroatoms. The molecule has 0 N–H and O–H groups in total. The van der Waals surface area contributed by atoms with Crippen molar-refractivity contribution in [3.8, 4) is 0 Å². The highest BCUT2D eigenvalue weighted by atomic mass is 16.7. The van der Waals surface area contributed by atoms with Gasteiger partial charge in [-0.25, -0.2) is 4.79 Å². The molecule has 0 bridgehead atoms. The van der Waals surface area contributed by atoms with Gasteiger partial charge in [0.1, 0.15) is 0 Å². The average Bonchev–Trinajstić information content (AvgIpc) is 2.72. The lowest BCUT2D eigenvalue weighted by atomic mass is 9.83. The van der Waals surface area contributed by atoms with Crippen molar-refractivity contribution in [2.75, 3.05) is 6.61 Å². The monoisotopic (exact) mass is 253 g/mol. The molecule has 0 saturated heterocycles. The Labute approximate surface area is 109 Å². The molecule has 0 aliphatic carbocycles. The Morgan fingerprint density at radius 3 is 2.61 bits per heavy atom. The number of allylic oxidation sites excluding steroid dienone is 1. The van der Waals surface area contributed by atoms with Gasteiger partial charge in [-0.1, -0.05) is 38.9 Å². The van der Waals surface area contributed by atoms with Crippen LogP contribution in [0.4, 0.5) is 0 Å². The second-order valence-corrected chi connectivity index (χ2v) is 5.48. The molecule has 0 spiro atoms. The molecule has 1 atom stereocenters. The van der Waals surface area contributed by atoms with E-state index in [-0.39, 0.29) is 11.4 Å². The highest BCUT2D eigenvalue weighted by Crippen LogP contribution is 2.34. The molecule has 0 fully saturated rings. The molecular formula is C14H23NO3. The number of ether oxygens (including phenoxy) is 1. The molecule has 4 nitrogen and oxygen atoms in total. The molecule has 0 amide bonds. The fraction of sp³-hybridized carbons (Fsp3) is 0.714. The van der Waals surface area contributed by atoms with Crippen LogP contribution in [0.15, 0.2) is 17.3 Å². The molecule has 1 aliphatic heterocycles. The van der Waals surface area contributed by atoms with Gasteiger partial charge in [0.05, 0.1) is 12.3 Å². The van der Waals surface area contributed by atoms with Crippen LogP contribution in [0.25, 0.3) is 0 Å². The average molecular weight is 253 g/mol. The second kappa shape index (κ2) is 5.55. The Balaban J connectivity index is 2.92. The van der Waals surface area contributed by atoms with Gasteiger partial charge in [0, 0.05) is 11.8 Å². The van der Waals surface area contributed by atoms with Crippen molar-refractivity contribution in [1.82, 2.24) is 0 Å². The molecule has 0 saturated carbocycles. The molecule has 0 aromatic carbocycles. The van der Waals surface area contributed by atoms with Gasteiger partial charge in [-0.2, -0.15) is 0 Å². The van der Waals surface area contributed by atoms with Gasteiger partial charge >= 0.3 is 5.97 Å². The van der Waals surface area contributed by atoms with Crippen molar-refractivity contribution < 1.29 is 14.4 Å². The summed E-state index contributed by atoms with van der Waals surface area (Å²) in [7, 11) is 0. The molecule has 1 rings (SSSR count). The summed E-state index contributed by atoms with van der Waals surface area (Å²) in [6.07, 6.45) is 4.99. The molecule has 0 aromatic rings. The normalized spacial score (nSPS) is 23.9. The molecule has 0 aromatic heterocycles. The molecule has 1 heterocycles. The third-order valence-electron chi connectivity index (χ3n) is 2.86. The van der Waals surface area contributed by atoms with E-state index in [9.17, 15) is 4.79 Å². The summed E-state index contributed by atoms with van der Waals surface area (Å²) in [5.74, 6) is -0.363. The number of rotatable bonds is 4. The van der Waals surface area contributed by atoms with Crippen LogP contribution in [-0.4, -0.2) is 23.9 Å². The summed E-state index contributed by atoms with van der Waals surface area (Å²) in [5.41, 5.74) is -0.278. The summed E-state index contributed by atoms with van der Waals surface area (Å²) in [6, 6.07) is 0. The minimum atomic E-state index is -1.06. The molecule has 18 heavy (non-hydrogen) atoms. The maximum atomic E-state index is 12.1. The third-order valence-corrected chi connectivity index (χ3v) is 2.86. The first-order valence-electron chi connectivity index (χ1n) is 6.46. The standard InChI is InChI=1S/C14H23NO3/c1-6-8-9-14(12(16)17-7-2)10-11(15-18-14)13(3,4)5/h8-9H,6-7,10H2,1-5H3/b9-8+. The van der Waals surface area contributed by atoms with Gasteiger partial charge in [-0.05, 0) is 19.4 Å². The third kappa shape index (κ3) is 3.12. The van der Waals surface area contributed by atoms with E-state index in [4.69, 9.17) is 9.57 Å². The topological polar surface area (TPSA) is 47.9 Å². The Hall–Kier alpha value is -1.32. The lowest BCUT2D eigenvalue weighted by Crippen LogP contribution is -2.39. The van der Waals surface area contributed by atoms with Crippen molar-refractivity contribution >= 4 is 11.7 Å². The largest absolute Gasteiger partial charge is 0.463 e. The summed E-state index contributed by atoms with van der Waals surface area (Å²) in [4.78, 5) is 17.5. The van der Waals surface area contributed by atoms with Crippen LogP contribution in [0, 0.1) is 5.41 Å². The van der Waals surface area contributed by atoms with E-state index in [0.29, 0.717) is 13.0 Å². The highest BCUT2D eigenvalue weighted by Gasteiger charge is 2.47. The minimum absolute atomic E-state index is 0.103. The fourth-order valence-electron chi connectivity index (χ4n) is 1.68. The SMILES string of the molecule is CC/C=C/C1(C(=O)OCC)CC(C(C)(C)C)=NO1. The maximum absolute atomic E-state index is 12.1. The summed E-state index contributed by atoms with van der Waals surface area (Å²) < 4.78 is 5.10. The zero-order valence-electron chi connectivity index (χ0n) is 11.9. The van der Waals surface area contributed by atoms with Gasteiger partial charge < -0.3 is 9.57 Å². The van der Waals surface area contributed by atoms with Gasteiger partial charge in [0.2, 0.25) is 0 Å². The maximum Gasteiger partial charge on any atom is 0.357 e. The number of carbonyl (C=O) groups is 1. The Kier molecular flexibility index (Phi) is 4.54. The Morgan fingerprint density at radius 1 is 1.50 bits per heavy atom. The lowest BCUT2D eigenvalue weighted by molar-refractivity contribution is -0.163. The van der Waals surface area contributed by atoms with E-state index >= 15 is 0 Å². The summed E-state index contributed by atoms with van der Waals surface area (Å²) in [6.45, 7) is 10.3. The van der Waals surface area contributed by atoms with Crippen LogP contribution in [0.5, 0.6) is 0 Å². The van der Waals surface area contributed by atoms with Crippen LogP contribution in [0.3, 0.4) is 0 Å². The van der Waals surface area contributed by atoms with E-state index in [1.807, 2.05) is 13.0 Å². The zero-order valence-corrected chi connectivity index (χ0v) is 11.9. The lowest BCUT2D eigenvalue weighted by Gasteiger charge is -2.22. The van der Waals surface area contributed by atoms with Crippen molar-refractivity contribution in [1.29, 1.82) is 0 Å². The van der Waals surface area contributed by atoms with E-state index in [2.05, 4.69) is 25.9 Å². The molecule has 1 unspecified atom stereocenters. The predicted octanol–water partition coefficient (Wildman–Crippen LogP) is 3.08. The molecule has 102 valence electrons. The van der Waals surface area contributed by atoms with Crippen LogP contribution in [-0.2, 0) is 14.4 Å². The number of esters is 1. The van der Waals surface area contributed by atoms with Crippen molar-refractivity contribution in [2.45, 2.75) is 53.1 Å². The quantitative estimate of drug-likeness (QED) is 0.571. The number of carbonyl (C=O) groups excluding carboxylic acids is 1. The van der Waals surface area contributed by atoms with Gasteiger partial charge in [-0.3, -0.25) is 0 Å². The van der Waals surface area contributed by atoms with Crippen LogP contribution in [0.1, 0.15) is 47.5 Å². The molecule has 1 aliphatic rings. The summed E-state index contributed by atoms with van der Waals surface area (Å²) >= 11 is 0. The van der Waals surface area contributed by atoms with Gasteiger partial charge in [0.25, 0.3) is 5.60 Å². The first-order valence-corrected chi connectivity index (χ1v) is 6.46. The number of oxime groups is 1. The van der Waals surface area contributed by atoms with Gasteiger partial charge in [0.15, 0.2) is 0 Å². The van der Waals surface area contributed by atoms with Crippen molar-refractivity contribution in [2.24, 2.45) is 10.6 Å². The summed E-state index contributed by atoms with van der Waals surface area (Å²) in [5, 5.41) is 4.08. The van der Waals surface area contributed by atoms with E-state index in [1.54, 1.807) is 13.0 Å². The Morgan fingerprint density at radius 2 is 2.17 bits per heavy atom. The van der Waals surface area contributed by atoms with Crippen LogP contribution in [0.2, 0.25) is 0 Å². The zero-order chi connectivity index (χ0) is 13.8. The molecule has 0 radical (unpaired) electrons. The number of hydrogen-bond acceptors (Lipinski definition) is 4. The number of hydrogen-bond donors (Lipinski definition) is 0. The molecular weight excluding hydrogens is 230 g/mol. The van der Waals surface area contributed by atoms with Crippen molar-refractivity contribution in [3.63, 3.8) is 0 Å². The van der Waals surface area contributed by atoms with E-state index in [0.717, 1.165) is 12.1 Å².